The van der Waals surface area contributed by atoms with Crippen LogP contribution in [-0.2, 0) is 6.54 Å². The predicted octanol–water partition coefficient (Wildman–Crippen LogP) is 2.51. The molecule has 6 heteroatoms. The van der Waals surface area contributed by atoms with Gasteiger partial charge in [-0.2, -0.15) is 0 Å². The molecule has 2 aromatic rings. The molecule has 0 saturated heterocycles. The van der Waals surface area contributed by atoms with Crippen molar-refractivity contribution in [3.63, 3.8) is 0 Å². The predicted molar refractivity (Wildman–Crippen MR) is 96.1 cm³/mol. The topological polar surface area (TPSA) is 67.1 Å². The van der Waals surface area contributed by atoms with Crippen LogP contribution >= 0.6 is 0 Å². The maximum Gasteiger partial charge on any atom is 0.191 e. The number of nitrogens with zero attached hydrogens (tertiary/aromatic N) is 4. The quantitative estimate of drug-likeness (QED) is 0.632. The lowest BCUT2D eigenvalue weighted by Gasteiger charge is -2.41. The van der Waals surface area contributed by atoms with E-state index in [-0.39, 0.29) is 0 Å². The van der Waals surface area contributed by atoms with E-state index < -0.39 is 0 Å². The zero-order valence-electron chi connectivity index (χ0n) is 14.5. The van der Waals surface area contributed by atoms with Gasteiger partial charge < -0.3 is 10.6 Å². The van der Waals surface area contributed by atoms with Crippen molar-refractivity contribution in [3.8, 4) is 5.82 Å². The molecule has 0 bridgehead atoms. The maximum absolute atomic E-state index is 4.38. The van der Waals surface area contributed by atoms with Crippen molar-refractivity contribution < 1.29 is 0 Å². The van der Waals surface area contributed by atoms with E-state index in [0.29, 0.717) is 12.0 Å². The Kier molecular flexibility index (Phi) is 5.13. The molecule has 1 aliphatic carbocycles. The summed E-state index contributed by atoms with van der Waals surface area (Å²) in [5, 5.41) is 6.87. The zero-order chi connectivity index (χ0) is 16.8. The SMILES string of the molecule is CCC1(CNC(=NC)NCc2ccnc(-n3ccnc3)c2)CCC1. The van der Waals surface area contributed by atoms with Crippen LogP contribution in [-0.4, -0.2) is 34.1 Å². The highest BCUT2D eigenvalue weighted by molar-refractivity contribution is 5.79. The van der Waals surface area contributed by atoms with Crippen LogP contribution in [0.3, 0.4) is 0 Å². The molecule has 0 aromatic carbocycles. The molecule has 0 atom stereocenters. The Morgan fingerprint density at radius 3 is 2.83 bits per heavy atom. The standard InChI is InChI=1S/C18H26N6/c1-3-18(6-4-7-18)13-23-17(19-2)22-12-15-5-8-21-16(11-15)24-10-9-20-14-24/h5,8-11,14H,3-4,6-7,12-13H2,1-2H3,(H2,19,22,23). The lowest BCUT2D eigenvalue weighted by atomic mass is 9.67. The van der Waals surface area contributed by atoms with Crippen LogP contribution in [0.2, 0.25) is 0 Å². The fourth-order valence-electron chi connectivity index (χ4n) is 3.12. The summed E-state index contributed by atoms with van der Waals surface area (Å²) < 4.78 is 1.90. The second-order valence-electron chi connectivity index (χ2n) is 6.48. The molecule has 2 aromatic heterocycles. The average molecular weight is 326 g/mol. The molecule has 24 heavy (non-hydrogen) atoms. The number of pyridine rings is 1. The Balaban J connectivity index is 1.55. The summed E-state index contributed by atoms with van der Waals surface area (Å²) >= 11 is 0. The van der Waals surface area contributed by atoms with Crippen molar-refractivity contribution in [2.45, 2.75) is 39.2 Å². The van der Waals surface area contributed by atoms with Crippen LogP contribution in [0.4, 0.5) is 0 Å². The summed E-state index contributed by atoms with van der Waals surface area (Å²) in [5.41, 5.74) is 1.63. The summed E-state index contributed by atoms with van der Waals surface area (Å²) in [7, 11) is 1.82. The molecule has 2 N–H and O–H groups in total. The zero-order valence-corrected chi connectivity index (χ0v) is 14.5. The first kappa shape index (κ1) is 16.5. The molecule has 1 fully saturated rings. The number of aromatic nitrogens is 3. The fraction of sp³-hybridized carbons (Fsp3) is 0.500. The van der Waals surface area contributed by atoms with Crippen molar-refractivity contribution in [2.75, 3.05) is 13.6 Å². The van der Waals surface area contributed by atoms with Crippen LogP contribution in [0.5, 0.6) is 0 Å². The number of imidazole rings is 1. The van der Waals surface area contributed by atoms with Crippen molar-refractivity contribution >= 4 is 5.96 Å². The summed E-state index contributed by atoms with van der Waals surface area (Å²) in [6, 6.07) is 4.07. The molecule has 0 spiro atoms. The molecule has 6 nitrogen and oxygen atoms in total. The molecule has 1 saturated carbocycles. The minimum absolute atomic E-state index is 0.475. The van der Waals surface area contributed by atoms with Gasteiger partial charge in [0.15, 0.2) is 5.96 Å². The first-order valence-electron chi connectivity index (χ1n) is 8.62. The van der Waals surface area contributed by atoms with E-state index in [1.807, 2.05) is 30.1 Å². The molecule has 0 aliphatic heterocycles. The van der Waals surface area contributed by atoms with Crippen LogP contribution in [0.15, 0.2) is 42.0 Å². The molecule has 3 rings (SSSR count). The van der Waals surface area contributed by atoms with Gasteiger partial charge in [0, 0.05) is 38.7 Å². The van der Waals surface area contributed by atoms with Crippen molar-refractivity contribution in [3.05, 3.63) is 42.6 Å². The lowest BCUT2D eigenvalue weighted by molar-refractivity contribution is 0.131. The number of aliphatic imine (C=N–C) groups is 1. The third-order valence-corrected chi connectivity index (χ3v) is 5.06. The van der Waals surface area contributed by atoms with Gasteiger partial charge in [0.2, 0.25) is 0 Å². The van der Waals surface area contributed by atoms with E-state index in [0.717, 1.165) is 23.9 Å². The maximum atomic E-state index is 4.38. The second-order valence-corrected chi connectivity index (χ2v) is 6.48. The Hall–Kier alpha value is -2.37. The van der Waals surface area contributed by atoms with E-state index in [1.165, 1.54) is 25.7 Å². The number of rotatable bonds is 6. The first-order valence-corrected chi connectivity index (χ1v) is 8.62. The van der Waals surface area contributed by atoms with Gasteiger partial charge in [-0.25, -0.2) is 9.97 Å². The van der Waals surface area contributed by atoms with E-state index in [1.54, 1.807) is 12.5 Å². The minimum atomic E-state index is 0.475. The highest BCUT2D eigenvalue weighted by atomic mass is 15.2. The van der Waals surface area contributed by atoms with Gasteiger partial charge in [-0.3, -0.25) is 9.56 Å². The van der Waals surface area contributed by atoms with E-state index >= 15 is 0 Å². The van der Waals surface area contributed by atoms with Crippen LogP contribution < -0.4 is 10.6 Å². The Bertz CT molecular complexity index is 667. The molecule has 0 radical (unpaired) electrons. The summed E-state index contributed by atoms with van der Waals surface area (Å²) in [4.78, 5) is 12.8. The molecule has 2 heterocycles. The van der Waals surface area contributed by atoms with Crippen molar-refractivity contribution in [2.24, 2.45) is 10.4 Å². The van der Waals surface area contributed by atoms with E-state index in [2.05, 4.69) is 38.6 Å². The monoisotopic (exact) mass is 326 g/mol. The highest BCUT2D eigenvalue weighted by Crippen LogP contribution is 2.42. The van der Waals surface area contributed by atoms with Gasteiger partial charge in [-0.15, -0.1) is 0 Å². The van der Waals surface area contributed by atoms with Gasteiger partial charge in [-0.05, 0) is 42.4 Å². The molecule has 0 amide bonds. The van der Waals surface area contributed by atoms with Gasteiger partial charge in [0.1, 0.15) is 12.1 Å². The number of guanidine groups is 1. The second kappa shape index (κ2) is 7.47. The summed E-state index contributed by atoms with van der Waals surface area (Å²) in [6.07, 6.45) is 12.5. The third kappa shape index (κ3) is 3.75. The molecule has 128 valence electrons. The summed E-state index contributed by atoms with van der Waals surface area (Å²) in [5.74, 6) is 1.73. The van der Waals surface area contributed by atoms with Gasteiger partial charge in [0.25, 0.3) is 0 Å². The van der Waals surface area contributed by atoms with Gasteiger partial charge in [0.05, 0.1) is 0 Å². The largest absolute Gasteiger partial charge is 0.356 e. The molecular formula is C18H26N6. The van der Waals surface area contributed by atoms with Crippen molar-refractivity contribution in [1.82, 2.24) is 25.2 Å². The van der Waals surface area contributed by atoms with Gasteiger partial charge in [-0.1, -0.05) is 13.3 Å². The summed E-state index contributed by atoms with van der Waals surface area (Å²) in [6.45, 7) is 3.99. The molecule has 0 unspecified atom stereocenters. The third-order valence-electron chi connectivity index (χ3n) is 5.06. The van der Waals surface area contributed by atoms with Crippen LogP contribution in [0.25, 0.3) is 5.82 Å². The van der Waals surface area contributed by atoms with Crippen molar-refractivity contribution in [1.29, 1.82) is 0 Å². The molecular weight excluding hydrogens is 300 g/mol. The van der Waals surface area contributed by atoms with Crippen LogP contribution in [0.1, 0.15) is 38.2 Å². The van der Waals surface area contributed by atoms with E-state index in [9.17, 15) is 0 Å². The number of nitrogens with one attached hydrogen (secondary N) is 2. The number of hydrogen-bond acceptors (Lipinski definition) is 3. The Labute approximate surface area is 143 Å². The highest BCUT2D eigenvalue weighted by Gasteiger charge is 2.34. The Morgan fingerprint density at radius 1 is 1.33 bits per heavy atom. The smallest absolute Gasteiger partial charge is 0.191 e. The normalized spacial score (nSPS) is 16.5. The van der Waals surface area contributed by atoms with Gasteiger partial charge >= 0.3 is 0 Å². The molecule has 1 aliphatic rings. The fourth-order valence-corrected chi connectivity index (χ4v) is 3.12. The average Bonchev–Trinajstić information content (AvgIpc) is 3.12. The lowest BCUT2D eigenvalue weighted by Crippen LogP contribution is -2.46. The minimum Gasteiger partial charge on any atom is -0.356 e. The first-order chi connectivity index (χ1) is 11.7. The van der Waals surface area contributed by atoms with Crippen LogP contribution in [0, 0.1) is 5.41 Å². The Morgan fingerprint density at radius 2 is 2.21 bits per heavy atom. The number of hydrogen-bond donors (Lipinski definition) is 2. The van der Waals surface area contributed by atoms with E-state index in [4.69, 9.17) is 0 Å².